The van der Waals surface area contributed by atoms with Crippen LogP contribution in [0.1, 0.15) is 17.2 Å². The van der Waals surface area contributed by atoms with Crippen LogP contribution in [0.2, 0.25) is 0 Å². The molecule has 2 aromatic carbocycles. The third-order valence-corrected chi connectivity index (χ3v) is 4.31. The molecule has 1 atom stereocenters. The highest BCUT2D eigenvalue weighted by atomic mass is 79.9. The van der Waals surface area contributed by atoms with E-state index in [2.05, 4.69) is 37.2 Å². The van der Waals surface area contributed by atoms with Crippen molar-refractivity contribution in [3.05, 3.63) is 68.1 Å². The van der Waals surface area contributed by atoms with E-state index in [1.54, 1.807) is 19.2 Å². The van der Waals surface area contributed by atoms with Crippen molar-refractivity contribution in [2.24, 2.45) is 0 Å². The summed E-state index contributed by atoms with van der Waals surface area (Å²) in [6.45, 7) is 0. The van der Waals surface area contributed by atoms with Crippen LogP contribution >= 0.6 is 31.9 Å². The van der Waals surface area contributed by atoms with Gasteiger partial charge in [-0.1, -0.05) is 44.0 Å². The number of rotatable bonds is 4. The molecule has 0 fully saturated rings. The van der Waals surface area contributed by atoms with Crippen molar-refractivity contribution in [1.82, 2.24) is 5.32 Å². The summed E-state index contributed by atoms with van der Waals surface area (Å²) < 4.78 is 28.4. The molecule has 0 saturated heterocycles. The summed E-state index contributed by atoms with van der Waals surface area (Å²) in [6, 6.07) is 9.44. The van der Waals surface area contributed by atoms with Crippen molar-refractivity contribution < 1.29 is 8.78 Å². The zero-order valence-electron chi connectivity index (χ0n) is 10.8. The van der Waals surface area contributed by atoms with E-state index in [9.17, 15) is 8.78 Å². The molecule has 0 aliphatic heterocycles. The van der Waals surface area contributed by atoms with Gasteiger partial charge in [0, 0.05) is 15.0 Å². The van der Waals surface area contributed by atoms with Gasteiger partial charge in [-0.3, -0.25) is 0 Å². The second-order valence-corrected chi connectivity index (χ2v) is 6.22. The fraction of sp³-hybridized carbons (Fsp3) is 0.200. The molecule has 1 unspecified atom stereocenters. The highest BCUT2D eigenvalue weighted by Gasteiger charge is 2.16. The molecule has 1 nitrogen and oxygen atoms in total. The van der Waals surface area contributed by atoms with Crippen LogP contribution in [0.15, 0.2) is 45.3 Å². The summed E-state index contributed by atoms with van der Waals surface area (Å²) in [5, 5.41) is 3.14. The molecule has 1 N–H and O–H groups in total. The third-order valence-electron chi connectivity index (χ3n) is 3.13. The van der Waals surface area contributed by atoms with E-state index >= 15 is 0 Å². The summed E-state index contributed by atoms with van der Waals surface area (Å²) in [6.07, 6.45) is 0.486. The first-order valence-corrected chi connectivity index (χ1v) is 7.66. The van der Waals surface area contributed by atoms with E-state index in [0.29, 0.717) is 20.9 Å². The summed E-state index contributed by atoms with van der Waals surface area (Å²) >= 11 is 6.59. The van der Waals surface area contributed by atoms with Crippen molar-refractivity contribution >= 4 is 31.9 Å². The SMILES string of the molecule is CNC(Cc1ccc(Br)cc1F)c1ccc(F)cc1Br. The maximum absolute atomic E-state index is 13.9. The molecule has 0 radical (unpaired) electrons. The van der Waals surface area contributed by atoms with Gasteiger partial charge in [-0.2, -0.15) is 0 Å². The van der Waals surface area contributed by atoms with E-state index < -0.39 is 0 Å². The highest BCUT2D eigenvalue weighted by molar-refractivity contribution is 9.10. The van der Waals surface area contributed by atoms with Crippen LogP contribution in [-0.4, -0.2) is 7.05 Å². The largest absolute Gasteiger partial charge is 0.313 e. The molecule has 0 aliphatic rings. The standard InChI is InChI=1S/C15H13Br2F2N/c1-20-15(12-5-4-11(18)8-13(12)17)6-9-2-3-10(16)7-14(9)19/h2-5,7-8,15,20H,6H2,1H3. The Morgan fingerprint density at radius 2 is 1.85 bits per heavy atom. The summed E-state index contributed by atoms with van der Waals surface area (Å²) in [4.78, 5) is 0. The maximum Gasteiger partial charge on any atom is 0.127 e. The zero-order valence-corrected chi connectivity index (χ0v) is 13.9. The predicted octanol–water partition coefficient (Wildman–Crippen LogP) is 4.99. The summed E-state index contributed by atoms with van der Waals surface area (Å²) in [5.41, 5.74) is 1.51. The highest BCUT2D eigenvalue weighted by Crippen LogP contribution is 2.28. The molecule has 2 aromatic rings. The Morgan fingerprint density at radius 3 is 2.45 bits per heavy atom. The van der Waals surface area contributed by atoms with Crippen molar-refractivity contribution in [1.29, 1.82) is 0 Å². The Bertz CT molecular complexity index is 617. The fourth-order valence-corrected chi connectivity index (χ4v) is 3.02. The van der Waals surface area contributed by atoms with Crippen LogP contribution in [0.3, 0.4) is 0 Å². The summed E-state index contributed by atoms with van der Waals surface area (Å²) in [5.74, 6) is -0.553. The van der Waals surface area contributed by atoms with E-state index in [0.717, 1.165) is 5.56 Å². The number of benzene rings is 2. The third kappa shape index (κ3) is 3.65. The second-order valence-electron chi connectivity index (χ2n) is 4.45. The number of likely N-dealkylation sites (N-methyl/N-ethyl adjacent to an activating group) is 1. The Balaban J connectivity index is 2.28. The molecule has 0 bridgehead atoms. The normalized spacial score (nSPS) is 12.4. The van der Waals surface area contributed by atoms with E-state index in [-0.39, 0.29) is 17.7 Å². The molecule has 20 heavy (non-hydrogen) atoms. The maximum atomic E-state index is 13.9. The van der Waals surface area contributed by atoms with Crippen molar-refractivity contribution in [2.45, 2.75) is 12.5 Å². The minimum Gasteiger partial charge on any atom is -0.313 e. The van der Waals surface area contributed by atoms with Crippen LogP contribution in [0.25, 0.3) is 0 Å². The van der Waals surface area contributed by atoms with Gasteiger partial charge >= 0.3 is 0 Å². The van der Waals surface area contributed by atoms with Crippen molar-refractivity contribution in [3.8, 4) is 0 Å². The second kappa shape index (κ2) is 6.78. The monoisotopic (exact) mass is 403 g/mol. The molecule has 0 aromatic heterocycles. The molecule has 2 rings (SSSR count). The topological polar surface area (TPSA) is 12.0 Å². The van der Waals surface area contributed by atoms with Gasteiger partial charge in [0.2, 0.25) is 0 Å². The molecule has 106 valence electrons. The smallest absolute Gasteiger partial charge is 0.127 e. The zero-order chi connectivity index (χ0) is 14.7. The molecular weight excluding hydrogens is 392 g/mol. The predicted molar refractivity (Wildman–Crippen MR) is 83.7 cm³/mol. The van der Waals surface area contributed by atoms with Gasteiger partial charge in [-0.15, -0.1) is 0 Å². The molecule has 0 aliphatic carbocycles. The quantitative estimate of drug-likeness (QED) is 0.756. The van der Waals surface area contributed by atoms with Crippen LogP contribution in [0, 0.1) is 11.6 Å². The number of hydrogen-bond donors (Lipinski definition) is 1. The van der Waals surface area contributed by atoms with Crippen LogP contribution in [0.4, 0.5) is 8.78 Å². The summed E-state index contributed by atoms with van der Waals surface area (Å²) in [7, 11) is 1.80. The number of hydrogen-bond acceptors (Lipinski definition) is 1. The Hall–Kier alpha value is -0.780. The minimum absolute atomic E-state index is 0.0966. The van der Waals surface area contributed by atoms with E-state index in [4.69, 9.17) is 0 Å². The van der Waals surface area contributed by atoms with Gasteiger partial charge < -0.3 is 5.32 Å². The first kappa shape index (κ1) is 15.6. The van der Waals surface area contributed by atoms with Crippen molar-refractivity contribution in [3.63, 3.8) is 0 Å². The Kier molecular flexibility index (Phi) is 5.29. The first-order valence-electron chi connectivity index (χ1n) is 6.07. The van der Waals surface area contributed by atoms with E-state index in [1.807, 2.05) is 6.07 Å². The average molecular weight is 405 g/mol. The Morgan fingerprint density at radius 1 is 1.10 bits per heavy atom. The van der Waals surface area contributed by atoms with Crippen LogP contribution in [-0.2, 0) is 6.42 Å². The Labute approximate surface area is 133 Å². The lowest BCUT2D eigenvalue weighted by atomic mass is 9.98. The average Bonchev–Trinajstić information content (AvgIpc) is 2.39. The number of nitrogens with one attached hydrogen (secondary N) is 1. The minimum atomic E-state index is -0.301. The van der Waals surface area contributed by atoms with Crippen LogP contribution in [0.5, 0.6) is 0 Å². The fourth-order valence-electron chi connectivity index (χ4n) is 2.06. The molecule has 0 amide bonds. The van der Waals surface area contributed by atoms with E-state index in [1.165, 1.54) is 18.2 Å². The first-order chi connectivity index (χ1) is 9.51. The van der Waals surface area contributed by atoms with Gasteiger partial charge in [0.25, 0.3) is 0 Å². The lowest BCUT2D eigenvalue weighted by Gasteiger charge is -2.19. The van der Waals surface area contributed by atoms with Gasteiger partial charge in [0.15, 0.2) is 0 Å². The molecule has 0 spiro atoms. The van der Waals surface area contributed by atoms with Gasteiger partial charge in [-0.25, -0.2) is 8.78 Å². The van der Waals surface area contributed by atoms with Crippen LogP contribution < -0.4 is 5.32 Å². The van der Waals surface area contributed by atoms with Gasteiger partial charge in [-0.05, 0) is 48.9 Å². The van der Waals surface area contributed by atoms with Crippen molar-refractivity contribution in [2.75, 3.05) is 7.05 Å². The number of halogens is 4. The van der Waals surface area contributed by atoms with Gasteiger partial charge in [0.1, 0.15) is 11.6 Å². The lowest BCUT2D eigenvalue weighted by Crippen LogP contribution is -2.20. The lowest BCUT2D eigenvalue weighted by molar-refractivity contribution is 0.550. The molecule has 5 heteroatoms. The molecule has 0 heterocycles. The molecular formula is C15H13Br2F2N. The van der Waals surface area contributed by atoms with Gasteiger partial charge in [0.05, 0.1) is 0 Å². The molecule has 0 saturated carbocycles.